The highest BCUT2D eigenvalue weighted by atomic mass is 35.5. The molecule has 0 bridgehead atoms. The Bertz CT molecular complexity index is 1410. The van der Waals surface area contributed by atoms with Gasteiger partial charge in [0.2, 0.25) is 5.75 Å². The summed E-state index contributed by atoms with van der Waals surface area (Å²) in [5.74, 6) is 0.580. The molecule has 0 N–H and O–H groups in total. The van der Waals surface area contributed by atoms with Crippen molar-refractivity contribution in [1.82, 2.24) is 0 Å². The smallest absolute Gasteiger partial charge is 0.344 e. The maximum absolute atomic E-state index is 12.8. The highest BCUT2D eigenvalue weighted by molar-refractivity contribution is 6.30. The Kier molecular flexibility index (Phi) is 6.47. The SMILES string of the molecule is COc1cc(C(=O)Oc2ccc3c(C)c(-c4ccc(Cl)cc4)c(=O)oc3c2)cc(OC)c1OC. The fourth-order valence-electron chi connectivity index (χ4n) is 3.71. The van der Waals surface area contributed by atoms with Crippen LogP contribution >= 0.6 is 11.6 Å². The molecular weight excluding hydrogens is 460 g/mol. The predicted octanol–water partition coefficient (Wildman–Crippen LogP) is 5.67. The molecule has 34 heavy (non-hydrogen) atoms. The second-order valence-electron chi connectivity index (χ2n) is 7.36. The molecule has 0 radical (unpaired) electrons. The minimum Gasteiger partial charge on any atom is -0.493 e. The van der Waals surface area contributed by atoms with Gasteiger partial charge in [0.05, 0.1) is 32.5 Å². The maximum Gasteiger partial charge on any atom is 0.344 e. The van der Waals surface area contributed by atoms with Gasteiger partial charge < -0.3 is 23.4 Å². The van der Waals surface area contributed by atoms with Gasteiger partial charge in [0.15, 0.2) is 11.5 Å². The highest BCUT2D eigenvalue weighted by Crippen LogP contribution is 2.38. The van der Waals surface area contributed by atoms with E-state index in [1.807, 2.05) is 6.92 Å². The van der Waals surface area contributed by atoms with Gasteiger partial charge in [-0.1, -0.05) is 23.7 Å². The third-order valence-electron chi connectivity index (χ3n) is 5.38. The normalized spacial score (nSPS) is 10.7. The van der Waals surface area contributed by atoms with Crippen molar-refractivity contribution in [2.75, 3.05) is 21.3 Å². The van der Waals surface area contributed by atoms with E-state index in [1.165, 1.54) is 39.5 Å². The van der Waals surface area contributed by atoms with Crippen molar-refractivity contribution in [3.8, 4) is 34.1 Å². The van der Waals surface area contributed by atoms with Gasteiger partial charge in [0.25, 0.3) is 0 Å². The highest BCUT2D eigenvalue weighted by Gasteiger charge is 2.19. The molecule has 174 valence electrons. The number of esters is 1. The topological polar surface area (TPSA) is 84.2 Å². The lowest BCUT2D eigenvalue weighted by Gasteiger charge is -2.14. The van der Waals surface area contributed by atoms with Crippen LogP contribution in [0.15, 0.2) is 63.8 Å². The molecule has 0 atom stereocenters. The summed E-state index contributed by atoms with van der Waals surface area (Å²) in [5.41, 5.74) is 1.90. The second kappa shape index (κ2) is 9.49. The van der Waals surface area contributed by atoms with Crippen LogP contribution in [0.2, 0.25) is 5.02 Å². The zero-order valence-corrected chi connectivity index (χ0v) is 19.7. The number of carbonyl (C=O) groups is 1. The van der Waals surface area contributed by atoms with Crippen LogP contribution < -0.4 is 24.6 Å². The van der Waals surface area contributed by atoms with Crippen molar-refractivity contribution in [1.29, 1.82) is 0 Å². The third-order valence-corrected chi connectivity index (χ3v) is 5.63. The molecule has 3 aromatic carbocycles. The Hall–Kier alpha value is -3.97. The number of benzene rings is 3. The van der Waals surface area contributed by atoms with E-state index < -0.39 is 11.6 Å². The van der Waals surface area contributed by atoms with Gasteiger partial charge in [-0.3, -0.25) is 0 Å². The summed E-state index contributed by atoms with van der Waals surface area (Å²) in [6.45, 7) is 1.84. The first-order chi connectivity index (χ1) is 16.4. The van der Waals surface area contributed by atoms with Crippen molar-refractivity contribution in [3.05, 3.63) is 81.2 Å². The van der Waals surface area contributed by atoms with Crippen molar-refractivity contribution in [2.45, 2.75) is 6.92 Å². The van der Waals surface area contributed by atoms with Gasteiger partial charge in [-0.2, -0.15) is 0 Å². The fraction of sp³-hybridized carbons (Fsp3) is 0.154. The quantitative estimate of drug-likeness (QED) is 0.200. The summed E-state index contributed by atoms with van der Waals surface area (Å²) in [4.78, 5) is 25.6. The minimum absolute atomic E-state index is 0.199. The molecule has 1 aromatic heterocycles. The largest absolute Gasteiger partial charge is 0.493 e. The van der Waals surface area contributed by atoms with Crippen LogP contribution in [0.1, 0.15) is 15.9 Å². The molecule has 1 heterocycles. The predicted molar refractivity (Wildman–Crippen MR) is 129 cm³/mol. The first-order valence-corrected chi connectivity index (χ1v) is 10.6. The second-order valence-corrected chi connectivity index (χ2v) is 7.79. The molecule has 0 amide bonds. The molecule has 0 aliphatic carbocycles. The number of carbonyl (C=O) groups excluding carboxylic acids is 1. The van der Waals surface area contributed by atoms with Crippen LogP contribution in [-0.2, 0) is 0 Å². The van der Waals surface area contributed by atoms with Gasteiger partial charge in [0.1, 0.15) is 11.3 Å². The van der Waals surface area contributed by atoms with Gasteiger partial charge >= 0.3 is 11.6 Å². The van der Waals surface area contributed by atoms with E-state index in [0.717, 1.165) is 10.9 Å². The number of aryl methyl sites for hydroxylation is 1. The lowest BCUT2D eigenvalue weighted by atomic mass is 10.00. The Morgan fingerprint density at radius 3 is 2.12 bits per heavy atom. The van der Waals surface area contributed by atoms with Crippen molar-refractivity contribution >= 4 is 28.5 Å². The fourth-order valence-corrected chi connectivity index (χ4v) is 3.84. The Morgan fingerprint density at radius 2 is 1.53 bits per heavy atom. The summed E-state index contributed by atoms with van der Waals surface area (Å²) in [5, 5.41) is 1.29. The number of hydrogen-bond donors (Lipinski definition) is 0. The van der Waals surface area contributed by atoms with Crippen LogP contribution in [0.5, 0.6) is 23.0 Å². The van der Waals surface area contributed by atoms with Crippen molar-refractivity contribution < 1.29 is 28.2 Å². The monoisotopic (exact) mass is 480 g/mol. The molecule has 0 aliphatic heterocycles. The Labute approximate surface area is 200 Å². The van der Waals surface area contributed by atoms with Crippen LogP contribution in [-0.4, -0.2) is 27.3 Å². The average molecular weight is 481 g/mol. The maximum atomic E-state index is 12.8. The van der Waals surface area contributed by atoms with E-state index in [-0.39, 0.29) is 11.3 Å². The van der Waals surface area contributed by atoms with E-state index >= 15 is 0 Å². The van der Waals surface area contributed by atoms with Crippen molar-refractivity contribution in [2.24, 2.45) is 0 Å². The number of fused-ring (bicyclic) bond motifs is 1. The molecule has 0 spiro atoms. The lowest BCUT2D eigenvalue weighted by molar-refractivity contribution is 0.0734. The standard InChI is InChI=1S/C26H21ClO7/c1-14-19-10-9-18(13-20(19)34-26(29)23(14)15-5-7-17(27)8-6-15)33-25(28)16-11-21(30-2)24(32-4)22(12-16)31-3/h5-13H,1-4H3. The number of ether oxygens (including phenoxy) is 4. The summed E-state index contributed by atoms with van der Waals surface area (Å²) >= 11 is 5.96. The number of hydrogen-bond acceptors (Lipinski definition) is 7. The third kappa shape index (κ3) is 4.30. The van der Waals surface area contributed by atoms with E-state index in [9.17, 15) is 9.59 Å². The molecule has 0 aliphatic rings. The molecule has 0 fully saturated rings. The molecule has 4 rings (SSSR count). The first-order valence-electron chi connectivity index (χ1n) is 10.2. The number of methoxy groups -OCH3 is 3. The lowest BCUT2D eigenvalue weighted by Crippen LogP contribution is -2.10. The number of rotatable bonds is 6. The van der Waals surface area contributed by atoms with Crippen LogP contribution in [0, 0.1) is 6.92 Å². The van der Waals surface area contributed by atoms with E-state index in [1.54, 1.807) is 36.4 Å². The summed E-state index contributed by atoms with van der Waals surface area (Å²) in [6.07, 6.45) is 0. The number of halogens is 1. The zero-order valence-electron chi connectivity index (χ0n) is 18.9. The van der Waals surface area contributed by atoms with Gasteiger partial charge in [-0.05, 0) is 54.4 Å². The first kappa shape index (κ1) is 23.2. The average Bonchev–Trinajstić information content (AvgIpc) is 2.83. The van der Waals surface area contributed by atoms with E-state index in [4.69, 9.17) is 35.0 Å². The van der Waals surface area contributed by atoms with Gasteiger partial charge in [-0.15, -0.1) is 0 Å². The summed E-state index contributed by atoms with van der Waals surface area (Å²) in [6, 6.07) is 14.8. The van der Waals surface area contributed by atoms with E-state index in [0.29, 0.717) is 39.0 Å². The van der Waals surface area contributed by atoms with Crippen LogP contribution in [0.25, 0.3) is 22.1 Å². The molecule has 7 nitrogen and oxygen atoms in total. The molecule has 0 saturated heterocycles. The molecule has 8 heteroatoms. The Morgan fingerprint density at radius 1 is 0.882 bits per heavy atom. The summed E-state index contributed by atoms with van der Waals surface area (Å²) < 4.78 is 26.9. The van der Waals surface area contributed by atoms with Gasteiger partial charge in [0, 0.05) is 16.5 Å². The Balaban J connectivity index is 1.69. The molecular formula is C26H21ClO7. The van der Waals surface area contributed by atoms with Gasteiger partial charge in [-0.25, -0.2) is 9.59 Å². The van der Waals surface area contributed by atoms with Crippen LogP contribution in [0.3, 0.4) is 0 Å². The summed E-state index contributed by atoms with van der Waals surface area (Å²) in [7, 11) is 4.39. The minimum atomic E-state index is -0.643. The van der Waals surface area contributed by atoms with E-state index in [2.05, 4.69) is 0 Å². The van der Waals surface area contributed by atoms with Crippen LogP contribution in [0.4, 0.5) is 0 Å². The zero-order chi connectivity index (χ0) is 24.4. The molecule has 0 saturated carbocycles. The molecule has 0 unspecified atom stereocenters. The molecule has 4 aromatic rings. The van der Waals surface area contributed by atoms with Crippen molar-refractivity contribution in [3.63, 3.8) is 0 Å².